The van der Waals surface area contributed by atoms with Crippen molar-refractivity contribution in [3.8, 4) is 11.5 Å². The van der Waals surface area contributed by atoms with Gasteiger partial charge in [0.25, 0.3) is 0 Å². The molecule has 108 valence electrons. The molecule has 2 aromatic carbocycles. The molecule has 1 unspecified atom stereocenters. The topological polar surface area (TPSA) is 12.0 Å². The Morgan fingerprint density at radius 2 is 1.48 bits per heavy atom. The third-order valence-corrected chi connectivity index (χ3v) is 3.97. The predicted molar refractivity (Wildman–Crippen MR) is 93.6 cm³/mol. The van der Waals surface area contributed by atoms with Gasteiger partial charge in [-0.2, -0.15) is 0 Å². The Bertz CT molecular complexity index is 603. The van der Waals surface area contributed by atoms with Gasteiger partial charge in [0.15, 0.2) is 0 Å². The highest BCUT2D eigenvalue weighted by atomic mass is 28.3. The van der Waals surface area contributed by atoms with Crippen LogP contribution in [0.15, 0.2) is 60.7 Å². The van der Waals surface area contributed by atoms with Crippen LogP contribution in [0.5, 0.6) is 0 Å². The molecule has 1 N–H and O–H groups in total. The number of rotatable bonds is 4. The van der Waals surface area contributed by atoms with Gasteiger partial charge in [-0.3, -0.25) is 5.32 Å². The third kappa shape index (κ3) is 5.59. The van der Waals surface area contributed by atoms with Crippen molar-refractivity contribution in [2.24, 2.45) is 0 Å². The van der Waals surface area contributed by atoms with E-state index in [-0.39, 0.29) is 6.04 Å². The smallest absolute Gasteiger partial charge is 0.129 e. The molecule has 1 nitrogen and oxygen atoms in total. The quantitative estimate of drug-likeness (QED) is 0.651. The summed E-state index contributed by atoms with van der Waals surface area (Å²) < 4.78 is 0. The van der Waals surface area contributed by atoms with Crippen LogP contribution in [0.4, 0.5) is 0 Å². The van der Waals surface area contributed by atoms with Crippen LogP contribution in [-0.4, -0.2) is 8.07 Å². The van der Waals surface area contributed by atoms with Crippen LogP contribution in [0.3, 0.4) is 0 Å². The maximum absolute atomic E-state index is 3.57. The maximum atomic E-state index is 3.57. The van der Waals surface area contributed by atoms with E-state index >= 15 is 0 Å². The van der Waals surface area contributed by atoms with E-state index < -0.39 is 8.07 Å². The van der Waals surface area contributed by atoms with Gasteiger partial charge in [-0.05, 0) is 11.1 Å². The molecule has 0 heterocycles. The van der Waals surface area contributed by atoms with Gasteiger partial charge >= 0.3 is 0 Å². The summed E-state index contributed by atoms with van der Waals surface area (Å²) in [6.45, 7) is 7.67. The predicted octanol–water partition coefficient (Wildman–Crippen LogP) is 4.40. The number of hydrogen-bond acceptors (Lipinski definition) is 1. The van der Waals surface area contributed by atoms with E-state index in [1.807, 2.05) is 12.1 Å². The highest BCUT2D eigenvalue weighted by Crippen LogP contribution is 2.13. The molecule has 0 amide bonds. The average Bonchev–Trinajstić information content (AvgIpc) is 2.48. The Labute approximate surface area is 129 Å². The summed E-state index contributed by atoms with van der Waals surface area (Å²) in [5.41, 5.74) is 6.00. The lowest BCUT2D eigenvalue weighted by Crippen LogP contribution is -2.22. The normalized spacial score (nSPS) is 12.3. The fourth-order valence-electron chi connectivity index (χ4n) is 2.00. The monoisotopic (exact) mass is 293 g/mol. The largest absolute Gasteiger partial charge is 0.296 e. The van der Waals surface area contributed by atoms with E-state index in [1.165, 1.54) is 11.1 Å². The van der Waals surface area contributed by atoms with Crippen molar-refractivity contribution in [2.75, 3.05) is 0 Å². The van der Waals surface area contributed by atoms with E-state index in [2.05, 4.69) is 85.0 Å². The van der Waals surface area contributed by atoms with Crippen molar-refractivity contribution in [3.05, 3.63) is 71.8 Å². The molecule has 2 heteroatoms. The van der Waals surface area contributed by atoms with Crippen molar-refractivity contribution in [1.82, 2.24) is 5.32 Å². The second-order valence-electron chi connectivity index (χ2n) is 6.23. The summed E-state index contributed by atoms with van der Waals surface area (Å²) in [5.74, 6) is 3.45. The molecular weight excluding hydrogens is 270 g/mol. The molecular formula is C19H23NSi. The molecule has 0 fully saturated rings. The summed E-state index contributed by atoms with van der Waals surface area (Å²) in [5, 5.41) is 3.57. The van der Waals surface area contributed by atoms with E-state index in [9.17, 15) is 0 Å². The van der Waals surface area contributed by atoms with Gasteiger partial charge in [0.05, 0.1) is 6.04 Å². The van der Waals surface area contributed by atoms with Gasteiger partial charge in [0.2, 0.25) is 0 Å². The van der Waals surface area contributed by atoms with Crippen molar-refractivity contribution < 1.29 is 0 Å². The molecule has 0 aliphatic carbocycles. The zero-order valence-corrected chi connectivity index (χ0v) is 14.1. The molecule has 21 heavy (non-hydrogen) atoms. The molecule has 2 rings (SSSR count). The Kier molecular flexibility index (Phi) is 5.38. The minimum Gasteiger partial charge on any atom is -0.296 e. The number of nitrogens with one attached hydrogen (secondary N) is 1. The molecule has 1 atom stereocenters. The van der Waals surface area contributed by atoms with Gasteiger partial charge in [-0.1, -0.05) is 86.2 Å². The van der Waals surface area contributed by atoms with Gasteiger partial charge in [-0.15, -0.1) is 5.54 Å². The Morgan fingerprint density at radius 1 is 0.905 bits per heavy atom. The number of hydrogen-bond donors (Lipinski definition) is 1. The summed E-state index contributed by atoms with van der Waals surface area (Å²) in [6.07, 6.45) is 0. The van der Waals surface area contributed by atoms with Crippen molar-refractivity contribution in [1.29, 1.82) is 0 Å². The van der Waals surface area contributed by atoms with Crippen molar-refractivity contribution in [3.63, 3.8) is 0 Å². The summed E-state index contributed by atoms with van der Waals surface area (Å²) in [7, 11) is -1.36. The van der Waals surface area contributed by atoms with Crippen LogP contribution < -0.4 is 5.32 Å². The van der Waals surface area contributed by atoms with E-state index in [4.69, 9.17) is 0 Å². The lowest BCUT2D eigenvalue weighted by molar-refractivity contribution is 0.636. The second kappa shape index (κ2) is 7.26. The first kappa shape index (κ1) is 15.6. The molecule has 0 saturated carbocycles. The molecule has 0 radical (unpaired) electrons. The highest BCUT2D eigenvalue weighted by Gasteiger charge is 2.11. The standard InChI is InChI=1S/C19H23NSi/c1-21(2,3)15-14-19(18-12-8-5-9-13-18)20-16-17-10-6-4-7-11-17/h4-13,19-20H,16H2,1-3H3. The zero-order chi connectivity index (χ0) is 15.1. The lowest BCUT2D eigenvalue weighted by Gasteiger charge is -2.15. The van der Waals surface area contributed by atoms with Crippen LogP contribution in [0.2, 0.25) is 19.6 Å². The van der Waals surface area contributed by atoms with Gasteiger partial charge in [0.1, 0.15) is 8.07 Å². The highest BCUT2D eigenvalue weighted by molar-refractivity contribution is 6.83. The Hall–Kier alpha value is -1.82. The van der Waals surface area contributed by atoms with E-state index in [0.29, 0.717) is 0 Å². The summed E-state index contributed by atoms with van der Waals surface area (Å²) in [6, 6.07) is 21.0. The molecule has 0 aliphatic heterocycles. The van der Waals surface area contributed by atoms with Crippen LogP contribution in [0.1, 0.15) is 17.2 Å². The molecule has 0 bridgehead atoms. The lowest BCUT2D eigenvalue weighted by atomic mass is 10.1. The Morgan fingerprint density at radius 3 is 2.05 bits per heavy atom. The van der Waals surface area contributed by atoms with Gasteiger partial charge < -0.3 is 0 Å². The molecule has 0 saturated heterocycles. The fraction of sp³-hybridized carbons (Fsp3) is 0.263. The van der Waals surface area contributed by atoms with Gasteiger partial charge in [0, 0.05) is 6.54 Å². The molecule has 2 aromatic rings. The molecule has 0 aromatic heterocycles. The minimum absolute atomic E-state index is 0.0955. The first-order valence-corrected chi connectivity index (χ1v) is 10.9. The number of benzene rings is 2. The van der Waals surface area contributed by atoms with Gasteiger partial charge in [-0.25, -0.2) is 0 Å². The summed E-state index contributed by atoms with van der Waals surface area (Å²) >= 11 is 0. The average molecular weight is 293 g/mol. The first-order valence-electron chi connectivity index (χ1n) is 7.39. The molecule has 0 spiro atoms. The van der Waals surface area contributed by atoms with Crippen LogP contribution in [-0.2, 0) is 6.54 Å². The minimum atomic E-state index is -1.36. The van der Waals surface area contributed by atoms with Crippen molar-refractivity contribution >= 4 is 8.07 Å². The first-order chi connectivity index (χ1) is 10.0. The maximum Gasteiger partial charge on any atom is 0.129 e. The fourth-order valence-corrected chi connectivity index (χ4v) is 2.58. The summed E-state index contributed by atoms with van der Waals surface area (Å²) in [4.78, 5) is 0. The second-order valence-corrected chi connectivity index (χ2v) is 11.0. The Balaban J connectivity index is 2.14. The van der Waals surface area contributed by atoms with Crippen molar-refractivity contribution in [2.45, 2.75) is 32.2 Å². The van der Waals surface area contributed by atoms with Crippen LogP contribution >= 0.6 is 0 Å². The van der Waals surface area contributed by atoms with E-state index in [1.54, 1.807) is 0 Å². The molecule has 0 aliphatic rings. The third-order valence-electron chi connectivity index (χ3n) is 3.08. The van der Waals surface area contributed by atoms with E-state index in [0.717, 1.165) is 6.54 Å². The SMILES string of the molecule is C[Si](C)(C)C#CC(NCc1ccccc1)c1ccccc1. The van der Waals surface area contributed by atoms with Crippen LogP contribution in [0.25, 0.3) is 0 Å². The van der Waals surface area contributed by atoms with Crippen LogP contribution in [0, 0.1) is 11.5 Å². The zero-order valence-electron chi connectivity index (χ0n) is 13.1.